The Hall–Kier alpha value is -19.6. The molecule has 0 amide bonds. The molecule has 0 spiro atoms. The molecule has 16 heteroatoms. The Bertz CT molecular complexity index is 10500. The van der Waals surface area contributed by atoms with Gasteiger partial charge in [0, 0.05) is 146 Å². The Kier molecular flexibility index (Phi) is 21.2. The molecule has 12 nitrogen and oxygen atoms in total. The quantitative estimate of drug-likeness (QED) is 0.142. The molecule has 0 N–H and O–H groups in total. The first-order chi connectivity index (χ1) is 71.0. The van der Waals surface area contributed by atoms with Gasteiger partial charge in [-0.3, -0.25) is 0 Å². The number of thiophene rings is 4. The lowest BCUT2D eigenvalue weighted by molar-refractivity contribution is 1.18. The first-order valence-corrected chi connectivity index (χ1v) is 49.9. The minimum Gasteiger partial charge on any atom is -0.309 e. The summed E-state index contributed by atoms with van der Waals surface area (Å²) in [4.78, 5) is 0. The third-order valence-electron chi connectivity index (χ3n) is 27.5. The number of rotatable bonds is 8. The van der Waals surface area contributed by atoms with E-state index < -0.39 is 0 Å². The van der Waals surface area contributed by atoms with Crippen LogP contribution in [0.15, 0.2) is 413 Å². The largest absolute Gasteiger partial charge is 0.309 e. The van der Waals surface area contributed by atoms with Gasteiger partial charge in [-0.1, -0.05) is 243 Å². The second-order valence-corrected chi connectivity index (χ2v) is 39.7. The number of benzene rings is 20. The zero-order valence-corrected chi connectivity index (χ0v) is 79.5. The van der Waals surface area contributed by atoms with Crippen molar-refractivity contribution in [2.75, 3.05) is 0 Å². The summed E-state index contributed by atoms with van der Waals surface area (Å²) in [6.45, 7) is 0. The second-order valence-electron chi connectivity index (χ2n) is 35.3. The number of nitriles is 8. The summed E-state index contributed by atoms with van der Waals surface area (Å²) in [5, 5.41) is 94.4. The first kappa shape index (κ1) is 86.0. The zero-order chi connectivity index (χ0) is 96.9. The highest BCUT2D eigenvalue weighted by atomic mass is 32.1. The molecular formula is C128H68N12S4. The molecule has 28 aromatic rings. The van der Waals surface area contributed by atoms with Crippen molar-refractivity contribution in [3.63, 3.8) is 0 Å². The molecule has 0 bridgehead atoms. The van der Waals surface area contributed by atoms with Crippen molar-refractivity contribution < 1.29 is 0 Å². The molecule has 8 heterocycles. The highest BCUT2D eigenvalue weighted by molar-refractivity contribution is 7.27. The van der Waals surface area contributed by atoms with Crippen LogP contribution in [0.1, 0.15) is 44.5 Å². The van der Waals surface area contributed by atoms with E-state index in [1.54, 1.807) is 45.3 Å². The summed E-state index contributed by atoms with van der Waals surface area (Å²) in [7, 11) is 0. The van der Waals surface area contributed by atoms with Gasteiger partial charge in [-0.15, -0.1) is 45.3 Å². The molecule has 0 saturated heterocycles. The van der Waals surface area contributed by atoms with Crippen molar-refractivity contribution in [1.29, 1.82) is 42.1 Å². The van der Waals surface area contributed by atoms with Crippen LogP contribution in [0.5, 0.6) is 0 Å². The molecule has 0 unspecified atom stereocenters. The maximum absolute atomic E-state index is 9.96. The van der Waals surface area contributed by atoms with Crippen molar-refractivity contribution in [2.24, 2.45) is 0 Å². The number of nitrogens with zero attached hydrogens (tertiary/aromatic N) is 12. The molecule has 0 fully saturated rings. The molecule has 20 aromatic carbocycles. The van der Waals surface area contributed by atoms with E-state index >= 15 is 0 Å². The van der Waals surface area contributed by atoms with E-state index in [0.717, 1.165) is 168 Å². The van der Waals surface area contributed by atoms with Gasteiger partial charge in [-0.05, 0) is 192 Å². The zero-order valence-electron chi connectivity index (χ0n) is 76.3. The Morgan fingerprint density at radius 1 is 0.160 bits per heavy atom. The number of hydrogen-bond acceptors (Lipinski definition) is 12. The van der Waals surface area contributed by atoms with Crippen LogP contribution in [0.4, 0.5) is 0 Å². The summed E-state index contributed by atoms with van der Waals surface area (Å²) in [5.41, 5.74) is 27.1. The van der Waals surface area contributed by atoms with Gasteiger partial charge in [0.2, 0.25) is 0 Å². The predicted molar refractivity (Wildman–Crippen MR) is 594 cm³/mol. The van der Waals surface area contributed by atoms with Crippen LogP contribution in [-0.2, 0) is 0 Å². The van der Waals surface area contributed by atoms with Gasteiger partial charge >= 0.3 is 0 Å². The summed E-state index contributed by atoms with van der Waals surface area (Å²) in [6, 6.07) is 159. The molecule has 0 radical (unpaired) electrons. The van der Waals surface area contributed by atoms with Gasteiger partial charge in [0.15, 0.2) is 0 Å². The van der Waals surface area contributed by atoms with Gasteiger partial charge in [-0.25, -0.2) is 0 Å². The highest BCUT2D eigenvalue weighted by Gasteiger charge is 2.25. The van der Waals surface area contributed by atoms with Crippen molar-refractivity contribution in [3.8, 4) is 116 Å². The number of para-hydroxylation sites is 9. The molecule has 0 aliphatic rings. The molecule has 8 aromatic heterocycles. The minimum atomic E-state index is 0.646. The van der Waals surface area contributed by atoms with Crippen LogP contribution in [0.25, 0.3) is 235 Å². The van der Waals surface area contributed by atoms with Crippen molar-refractivity contribution in [3.05, 3.63) is 457 Å². The molecule has 0 aliphatic heterocycles. The Morgan fingerprint density at radius 2 is 0.417 bits per heavy atom. The standard InChI is InChI=1S/4C32H17N3S/c33-18-20-12-14-25-26-15-13-21(17-31(26)36-30(25)16-20)23-7-1-3-10-28(23)35-29-11-4-2-8-24(29)27-9-5-6-22(19-34)32(27)35;33-18-20-12-14-24-25-15-13-21(17-31(25)36-30(24)16-20)23-7-1-3-9-27(23)35-28-10-4-2-8-26(28)32-22(19-34)6-5-11-29(32)35;33-18-20-10-14-30-27(15-20)24-6-2-4-8-29(24)35(30)28-7-3-1-5-23(28)22-11-13-26-25-12-9-21(19-34)16-31(25)36-32(26)17-22;33-18-20-9-12-25-24-6-2-4-8-29(24)35(30(25)15-20)28-7-3-1-5-23(28)22-11-14-27-26-13-10-21(19-34)16-31(26)36-32(27)17-22/h4*1-17H. The molecule has 144 heavy (non-hydrogen) atoms. The fraction of sp³-hybridized carbons (Fsp3) is 0. The summed E-state index contributed by atoms with van der Waals surface area (Å²) >= 11 is 6.88. The van der Waals surface area contributed by atoms with Crippen LogP contribution in [-0.4, -0.2) is 18.3 Å². The summed E-state index contributed by atoms with van der Waals surface area (Å²) in [6.07, 6.45) is 0. The monoisotopic (exact) mass is 1900 g/mol. The van der Waals surface area contributed by atoms with Gasteiger partial charge in [0.25, 0.3) is 0 Å². The van der Waals surface area contributed by atoms with Crippen LogP contribution in [0.3, 0.4) is 0 Å². The van der Waals surface area contributed by atoms with E-state index in [1.807, 2.05) is 164 Å². The molecular weight excluding hydrogens is 1830 g/mol. The molecule has 0 aliphatic carbocycles. The molecule has 28 rings (SSSR count). The normalized spacial score (nSPS) is 11.3. The fourth-order valence-corrected chi connectivity index (χ4v) is 25.8. The van der Waals surface area contributed by atoms with E-state index in [-0.39, 0.29) is 0 Å². The third kappa shape index (κ3) is 14.4. The van der Waals surface area contributed by atoms with Crippen LogP contribution < -0.4 is 0 Å². The first-order valence-electron chi connectivity index (χ1n) is 46.6. The van der Waals surface area contributed by atoms with E-state index in [9.17, 15) is 42.1 Å². The maximum atomic E-state index is 9.96. The lowest BCUT2D eigenvalue weighted by Crippen LogP contribution is -1.98. The van der Waals surface area contributed by atoms with Crippen molar-refractivity contribution in [2.45, 2.75) is 0 Å². The third-order valence-corrected chi connectivity index (χ3v) is 31.9. The van der Waals surface area contributed by atoms with Crippen LogP contribution in [0.2, 0.25) is 0 Å². The minimum absolute atomic E-state index is 0.646. The van der Waals surface area contributed by atoms with Gasteiger partial charge in [0.1, 0.15) is 6.07 Å². The van der Waals surface area contributed by atoms with Crippen molar-refractivity contribution >= 4 is 213 Å². The Balaban J connectivity index is 0.000000101. The Labute approximate surface area is 839 Å². The highest BCUT2D eigenvalue weighted by Crippen LogP contribution is 2.48. The van der Waals surface area contributed by atoms with Crippen LogP contribution in [0, 0.1) is 90.6 Å². The fourth-order valence-electron chi connectivity index (χ4n) is 21.0. The van der Waals surface area contributed by atoms with Crippen LogP contribution >= 0.6 is 45.3 Å². The van der Waals surface area contributed by atoms with Gasteiger partial charge in [-0.2, -0.15) is 42.1 Å². The average molecular weight is 1900 g/mol. The number of fused-ring (bicyclic) bond motifs is 24. The lowest BCUT2D eigenvalue weighted by atomic mass is 10.0. The SMILES string of the molecule is N#Cc1ccc2c(c1)sc1cc(-c3ccccc3-n3c4ccccc4c4c(C#N)cccc43)ccc12.N#Cc1ccc2c(c1)sc1cc(-c3ccccc3-n3c4ccccc4c4cc(C#N)ccc43)ccc12.N#Cc1ccc2c(c1)sc1cc(-c3ccccc3-n3c4ccccc4c4ccc(C#N)cc43)ccc12.N#Cc1ccc2c(c1)sc1cc(-c3ccccc3-n3c4ccccc4c4cccc(C#N)c43)ccc12. The lowest BCUT2D eigenvalue weighted by Gasteiger charge is -2.14. The number of aromatic nitrogens is 4. The Morgan fingerprint density at radius 3 is 0.819 bits per heavy atom. The predicted octanol–water partition coefficient (Wildman–Crippen LogP) is 34.2. The topological polar surface area (TPSA) is 210 Å². The van der Waals surface area contributed by atoms with E-state index in [1.165, 1.54) is 67.3 Å². The average Bonchev–Trinajstić information content (AvgIpc) is 1.58. The van der Waals surface area contributed by atoms with E-state index in [0.29, 0.717) is 44.5 Å². The second kappa shape index (κ2) is 35.4. The van der Waals surface area contributed by atoms with Gasteiger partial charge in [0.05, 0.1) is 154 Å². The summed E-state index contributed by atoms with van der Waals surface area (Å²) in [5.74, 6) is 0. The molecule has 0 atom stereocenters. The van der Waals surface area contributed by atoms with Gasteiger partial charge < -0.3 is 18.3 Å². The summed E-state index contributed by atoms with van der Waals surface area (Å²) < 4.78 is 18.4. The smallest absolute Gasteiger partial charge is 0.101 e. The molecule has 664 valence electrons. The number of hydrogen-bond donors (Lipinski definition) is 0. The maximum Gasteiger partial charge on any atom is 0.101 e. The molecule has 0 saturated carbocycles. The van der Waals surface area contributed by atoms with E-state index in [4.69, 9.17) is 0 Å². The van der Waals surface area contributed by atoms with Crippen molar-refractivity contribution in [1.82, 2.24) is 18.3 Å². The van der Waals surface area contributed by atoms with E-state index in [2.05, 4.69) is 316 Å².